The highest BCUT2D eigenvalue weighted by Crippen LogP contribution is 2.15. The Morgan fingerprint density at radius 3 is 1.83 bits per heavy atom. The zero-order valence-electron chi connectivity index (χ0n) is 8.72. The highest BCUT2D eigenvalue weighted by atomic mass is 79.9. The van der Waals surface area contributed by atoms with E-state index in [-0.39, 0.29) is 10.7 Å². The first kappa shape index (κ1) is 14.5. The summed E-state index contributed by atoms with van der Waals surface area (Å²) < 4.78 is 0. The summed E-state index contributed by atoms with van der Waals surface area (Å²) in [5.41, 5.74) is 0. The predicted molar refractivity (Wildman–Crippen MR) is 57.7 cm³/mol. The van der Waals surface area contributed by atoms with Gasteiger partial charge in [0.25, 0.3) is 0 Å². The molecule has 0 aromatic rings. The molecule has 0 aromatic carbocycles. The molecule has 1 fully saturated rings. The maximum absolute atomic E-state index is 10.8. The molecule has 1 rings (SSSR count). The third kappa shape index (κ3) is 4.75. The van der Waals surface area contributed by atoms with Crippen LogP contribution in [0.3, 0.4) is 0 Å². The lowest BCUT2D eigenvalue weighted by Gasteiger charge is -2.04. The van der Waals surface area contributed by atoms with E-state index in [2.05, 4.69) is 15.9 Å². The number of amides is 1. The van der Waals surface area contributed by atoms with Crippen LogP contribution < -0.4 is 0 Å². The van der Waals surface area contributed by atoms with Gasteiger partial charge in [-0.1, -0.05) is 43.6 Å². The lowest BCUT2D eigenvalue weighted by atomic mass is 10.4. The molecule has 3 heteroatoms. The van der Waals surface area contributed by atoms with E-state index >= 15 is 0 Å². The van der Waals surface area contributed by atoms with Crippen LogP contribution in [0.1, 0.15) is 34.1 Å². The van der Waals surface area contributed by atoms with Gasteiger partial charge in [-0.05, 0) is 6.42 Å². The van der Waals surface area contributed by atoms with Gasteiger partial charge in [-0.15, -0.1) is 0 Å². The minimum absolute atomic E-state index is 0.0903. The molecule has 12 heavy (non-hydrogen) atoms. The fourth-order valence-corrected chi connectivity index (χ4v) is 1.33. The number of likely N-dealkylation sites (tertiary alicyclic amines) is 1. The summed E-state index contributed by atoms with van der Waals surface area (Å²) in [5.74, 6) is 0.213. The Morgan fingerprint density at radius 2 is 1.75 bits per heavy atom. The molecule has 1 saturated heterocycles. The molecule has 1 amide bonds. The van der Waals surface area contributed by atoms with E-state index < -0.39 is 0 Å². The lowest BCUT2D eigenvalue weighted by molar-refractivity contribution is -0.126. The van der Waals surface area contributed by atoms with Gasteiger partial charge in [0.1, 0.15) is 0 Å². The Hall–Kier alpha value is -0.0500. The van der Waals surface area contributed by atoms with Crippen molar-refractivity contribution in [3.63, 3.8) is 0 Å². The number of alkyl halides is 1. The first-order chi connectivity index (χ1) is 5.72. The van der Waals surface area contributed by atoms with Crippen LogP contribution in [-0.2, 0) is 4.79 Å². The summed E-state index contributed by atoms with van der Waals surface area (Å²) in [4.78, 5) is 12.6. The topological polar surface area (TPSA) is 20.3 Å². The highest BCUT2D eigenvalue weighted by Gasteiger charge is 2.25. The van der Waals surface area contributed by atoms with Crippen molar-refractivity contribution in [3.8, 4) is 0 Å². The minimum Gasteiger partial charge on any atom is -0.345 e. The molecule has 1 atom stereocenters. The standard InChI is InChI=1S/C5H8BrNO.2C2H6/c1-7-3-2-4(6)5(7)8;2*1-2/h4H,2-3H2,1H3;2*1-2H3. The summed E-state index contributed by atoms with van der Waals surface area (Å²) in [6.07, 6.45) is 0.954. The summed E-state index contributed by atoms with van der Waals surface area (Å²) in [6, 6.07) is 0. The quantitative estimate of drug-likeness (QED) is 0.594. The largest absolute Gasteiger partial charge is 0.345 e. The van der Waals surface area contributed by atoms with Crippen molar-refractivity contribution >= 4 is 21.8 Å². The van der Waals surface area contributed by atoms with Gasteiger partial charge < -0.3 is 4.90 Å². The fourth-order valence-electron chi connectivity index (χ4n) is 0.780. The molecule has 1 heterocycles. The van der Waals surface area contributed by atoms with Crippen LogP contribution in [0.25, 0.3) is 0 Å². The van der Waals surface area contributed by atoms with Crippen molar-refractivity contribution in [2.75, 3.05) is 13.6 Å². The number of carbonyl (C=O) groups is 1. The Morgan fingerprint density at radius 1 is 1.33 bits per heavy atom. The number of carbonyl (C=O) groups excluding carboxylic acids is 1. The van der Waals surface area contributed by atoms with E-state index in [9.17, 15) is 4.79 Å². The van der Waals surface area contributed by atoms with Crippen molar-refractivity contribution in [2.24, 2.45) is 0 Å². The van der Waals surface area contributed by atoms with Crippen LogP contribution >= 0.6 is 15.9 Å². The number of nitrogens with zero attached hydrogens (tertiary/aromatic N) is 1. The molecule has 0 spiro atoms. The molecule has 2 nitrogen and oxygen atoms in total. The summed E-state index contributed by atoms with van der Waals surface area (Å²) in [7, 11) is 1.82. The first-order valence-electron chi connectivity index (χ1n) is 4.61. The van der Waals surface area contributed by atoms with E-state index in [1.165, 1.54) is 0 Å². The zero-order valence-corrected chi connectivity index (χ0v) is 10.3. The van der Waals surface area contributed by atoms with E-state index in [4.69, 9.17) is 0 Å². The maximum atomic E-state index is 10.8. The predicted octanol–water partition coefficient (Wildman–Crippen LogP) is 2.66. The van der Waals surface area contributed by atoms with Gasteiger partial charge in [0.05, 0.1) is 4.83 Å². The van der Waals surface area contributed by atoms with Gasteiger partial charge in [0.2, 0.25) is 5.91 Å². The first-order valence-corrected chi connectivity index (χ1v) is 5.52. The van der Waals surface area contributed by atoms with Gasteiger partial charge >= 0.3 is 0 Å². The molecule has 74 valence electrons. The summed E-state index contributed by atoms with van der Waals surface area (Å²) >= 11 is 3.25. The average molecular weight is 238 g/mol. The molecule has 0 radical (unpaired) electrons. The molecule has 0 bridgehead atoms. The van der Waals surface area contributed by atoms with Gasteiger partial charge in [0, 0.05) is 13.6 Å². The third-order valence-electron chi connectivity index (χ3n) is 1.36. The van der Waals surface area contributed by atoms with Crippen molar-refractivity contribution in [1.29, 1.82) is 0 Å². The highest BCUT2D eigenvalue weighted by molar-refractivity contribution is 9.10. The van der Waals surface area contributed by atoms with Crippen LogP contribution in [0, 0.1) is 0 Å². The average Bonchev–Trinajstić information content (AvgIpc) is 2.43. The molecule has 1 unspecified atom stereocenters. The van der Waals surface area contributed by atoms with Crippen LogP contribution in [-0.4, -0.2) is 29.2 Å². The smallest absolute Gasteiger partial charge is 0.236 e. The van der Waals surface area contributed by atoms with Gasteiger partial charge in [0.15, 0.2) is 0 Å². The molecule has 1 aliphatic heterocycles. The van der Waals surface area contributed by atoms with Crippen LogP contribution in [0.4, 0.5) is 0 Å². The van der Waals surface area contributed by atoms with Gasteiger partial charge in [-0.2, -0.15) is 0 Å². The van der Waals surface area contributed by atoms with Crippen molar-refractivity contribution in [1.82, 2.24) is 4.90 Å². The van der Waals surface area contributed by atoms with E-state index in [0.29, 0.717) is 0 Å². The Bertz CT molecular complexity index is 105. The number of halogens is 1. The molecule has 0 aliphatic carbocycles. The molecular weight excluding hydrogens is 218 g/mol. The molecule has 1 aliphatic rings. The Balaban J connectivity index is 0. The SMILES string of the molecule is CC.CC.CN1CCC(Br)C1=O. The second-order valence-electron chi connectivity index (χ2n) is 2.02. The fraction of sp³-hybridized carbons (Fsp3) is 0.889. The number of rotatable bonds is 0. The molecule has 0 saturated carbocycles. The number of hydrogen-bond acceptors (Lipinski definition) is 1. The summed E-state index contributed by atoms with van der Waals surface area (Å²) in [5, 5.41) is 0. The minimum atomic E-state index is 0.0903. The Labute approximate surface area is 84.5 Å². The second-order valence-corrected chi connectivity index (χ2v) is 3.12. The van der Waals surface area contributed by atoms with Crippen LogP contribution in [0.5, 0.6) is 0 Å². The van der Waals surface area contributed by atoms with E-state index in [0.717, 1.165) is 13.0 Å². The van der Waals surface area contributed by atoms with Crippen LogP contribution in [0.2, 0.25) is 0 Å². The van der Waals surface area contributed by atoms with Crippen molar-refractivity contribution in [2.45, 2.75) is 38.9 Å². The van der Waals surface area contributed by atoms with E-state index in [1.54, 1.807) is 4.90 Å². The maximum Gasteiger partial charge on any atom is 0.236 e. The molecule has 0 N–H and O–H groups in total. The van der Waals surface area contributed by atoms with Gasteiger partial charge in [-0.25, -0.2) is 0 Å². The zero-order chi connectivity index (χ0) is 10.1. The van der Waals surface area contributed by atoms with Crippen molar-refractivity contribution in [3.05, 3.63) is 0 Å². The van der Waals surface area contributed by atoms with Crippen LogP contribution in [0.15, 0.2) is 0 Å². The molecule has 0 aromatic heterocycles. The normalized spacial score (nSPS) is 20.7. The van der Waals surface area contributed by atoms with Gasteiger partial charge in [-0.3, -0.25) is 4.79 Å². The lowest BCUT2D eigenvalue weighted by Crippen LogP contribution is -2.22. The Kier molecular flexibility index (Phi) is 10.9. The second kappa shape index (κ2) is 9.04. The van der Waals surface area contributed by atoms with Crippen molar-refractivity contribution < 1.29 is 4.79 Å². The molecular formula is C9H20BrNO. The summed E-state index contributed by atoms with van der Waals surface area (Å²) in [6.45, 7) is 8.90. The third-order valence-corrected chi connectivity index (χ3v) is 2.21. The van der Waals surface area contributed by atoms with E-state index in [1.807, 2.05) is 34.7 Å². The number of hydrogen-bond donors (Lipinski definition) is 0. The monoisotopic (exact) mass is 237 g/mol.